The van der Waals surface area contributed by atoms with Gasteiger partial charge in [-0.3, -0.25) is 4.79 Å². The van der Waals surface area contributed by atoms with Crippen molar-refractivity contribution in [2.75, 3.05) is 12.5 Å². The van der Waals surface area contributed by atoms with Crippen LogP contribution >= 0.6 is 11.8 Å². The number of rotatable bonds is 5. The second-order valence-corrected chi connectivity index (χ2v) is 6.71. The zero-order valence-corrected chi connectivity index (χ0v) is 13.6. The maximum absolute atomic E-state index is 11.9. The third-order valence-electron chi connectivity index (χ3n) is 3.58. The molecule has 0 aromatic heterocycles. The topological polar surface area (TPSA) is 88.7 Å². The molecular formula is C15H19N3O4S. The first-order valence-electron chi connectivity index (χ1n) is 7.44. The summed E-state index contributed by atoms with van der Waals surface area (Å²) in [4.78, 5) is 23.3. The van der Waals surface area contributed by atoms with E-state index in [1.165, 1.54) is 11.8 Å². The maximum atomic E-state index is 11.9. The van der Waals surface area contributed by atoms with Gasteiger partial charge in [0.2, 0.25) is 12.7 Å². The molecule has 2 heterocycles. The molecule has 3 amide bonds. The summed E-state index contributed by atoms with van der Waals surface area (Å²) >= 11 is 1.44. The summed E-state index contributed by atoms with van der Waals surface area (Å²) in [5.41, 5.74) is 0.955. The zero-order chi connectivity index (χ0) is 16.2. The van der Waals surface area contributed by atoms with Crippen molar-refractivity contribution in [2.45, 2.75) is 31.3 Å². The number of carbonyl (C=O) groups is 2. The first kappa shape index (κ1) is 15.8. The number of fused-ring (bicyclic) bond motifs is 1. The summed E-state index contributed by atoms with van der Waals surface area (Å²) in [6.07, 6.45) is 0.797. The number of urea groups is 1. The number of amides is 3. The number of hydrogen-bond acceptors (Lipinski definition) is 5. The molecule has 0 saturated carbocycles. The monoisotopic (exact) mass is 337 g/mol. The fraction of sp³-hybridized carbons (Fsp3) is 0.467. The van der Waals surface area contributed by atoms with Crippen molar-refractivity contribution in [3.63, 3.8) is 0 Å². The predicted octanol–water partition coefficient (Wildman–Crippen LogP) is 1.18. The molecule has 7 nitrogen and oxygen atoms in total. The average Bonchev–Trinajstić information content (AvgIpc) is 2.97. The highest BCUT2D eigenvalue weighted by Crippen LogP contribution is 2.32. The molecule has 1 aromatic carbocycles. The van der Waals surface area contributed by atoms with Crippen LogP contribution in [0.4, 0.5) is 4.79 Å². The van der Waals surface area contributed by atoms with Crippen molar-refractivity contribution >= 4 is 23.7 Å². The van der Waals surface area contributed by atoms with Gasteiger partial charge in [0, 0.05) is 12.6 Å². The lowest BCUT2D eigenvalue weighted by molar-refractivity contribution is -0.118. The van der Waals surface area contributed by atoms with Crippen LogP contribution in [0.15, 0.2) is 18.2 Å². The van der Waals surface area contributed by atoms with E-state index in [1.807, 2.05) is 25.1 Å². The van der Waals surface area contributed by atoms with Gasteiger partial charge in [-0.25, -0.2) is 4.79 Å². The largest absolute Gasteiger partial charge is 0.454 e. The minimum absolute atomic E-state index is 0.0324. The Bertz CT molecular complexity index is 610. The number of nitrogens with one attached hydrogen (secondary N) is 3. The minimum atomic E-state index is -0.179. The van der Waals surface area contributed by atoms with Crippen LogP contribution in [0.2, 0.25) is 0 Å². The van der Waals surface area contributed by atoms with E-state index in [0.29, 0.717) is 18.0 Å². The molecule has 0 bridgehead atoms. The molecule has 2 aliphatic rings. The fourth-order valence-electron chi connectivity index (χ4n) is 2.44. The van der Waals surface area contributed by atoms with Crippen LogP contribution < -0.4 is 25.4 Å². The van der Waals surface area contributed by atoms with Crippen LogP contribution in [0.25, 0.3) is 0 Å². The highest BCUT2D eigenvalue weighted by atomic mass is 32.2. The van der Waals surface area contributed by atoms with Gasteiger partial charge in [-0.1, -0.05) is 6.07 Å². The third-order valence-corrected chi connectivity index (χ3v) is 4.72. The Morgan fingerprint density at radius 3 is 3.00 bits per heavy atom. The highest BCUT2D eigenvalue weighted by Gasteiger charge is 2.23. The number of ether oxygens (including phenoxy) is 2. The first-order valence-corrected chi connectivity index (χ1v) is 8.49. The zero-order valence-electron chi connectivity index (χ0n) is 12.8. The molecule has 1 aromatic rings. The molecule has 1 saturated heterocycles. The van der Waals surface area contributed by atoms with Crippen LogP contribution in [0.3, 0.4) is 0 Å². The molecule has 1 fully saturated rings. The molecule has 3 rings (SSSR count). The van der Waals surface area contributed by atoms with Crippen molar-refractivity contribution < 1.29 is 19.1 Å². The predicted molar refractivity (Wildman–Crippen MR) is 86.4 cm³/mol. The van der Waals surface area contributed by atoms with Crippen LogP contribution in [0.1, 0.15) is 18.9 Å². The molecule has 2 atom stereocenters. The second kappa shape index (κ2) is 6.99. The summed E-state index contributed by atoms with van der Waals surface area (Å²) in [6, 6.07) is 5.55. The van der Waals surface area contributed by atoms with Gasteiger partial charge in [-0.15, -0.1) is 11.8 Å². The smallest absolute Gasteiger partial charge is 0.315 e. The first-order chi connectivity index (χ1) is 11.1. The number of thioether (sulfide) groups is 1. The summed E-state index contributed by atoms with van der Waals surface area (Å²) in [5.74, 6) is 1.68. The van der Waals surface area contributed by atoms with Crippen molar-refractivity contribution in [1.29, 1.82) is 0 Å². The van der Waals surface area contributed by atoms with E-state index in [2.05, 4.69) is 16.0 Å². The van der Waals surface area contributed by atoms with Crippen molar-refractivity contribution in [3.05, 3.63) is 23.8 Å². The molecule has 23 heavy (non-hydrogen) atoms. The van der Waals surface area contributed by atoms with Gasteiger partial charge in [-0.05, 0) is 31.0 Å². The van der Waals surface area contributed by atoms with E-state index in [9.17, 15) is 9.59 Å². The Balaban J connectivity index is 1.42. The van der Waals surface area contributed by atoms with Gasteiger partial charge in [-0.2, -0.15) is 0 Å². The number of benzene rings is 1. The summed E-state index contributed by atoms with van der Waals surface area (Å²) in [6.45, 7) is 2.62. The molecule has 124 valence electrons. The van der Waals surface area contributed by atoms with Gasteiger partial charge >= 0.3 is 6.03 Å². The fourth-order valence-corrected chi connectivity index (χ4v) is 3.51. The Morgan fingerprint density at radius 2 is 2.17 bits per heavy atom. The standard InChI is InChI=1S/C15H19N3O4S/c1-9-4-14(18-15(20)17-9)23-7-13(19)16-6-10-2-3-11-12(5-10)22-8-21-11/h2-3,5,9,14H,4,6-8H2,1H3,(H,16,19)(H2,17,18,20). The average molecular weight is 337 g/mol. The van der Waals surface area contributed by atoms with Crippen LogP contribution in [0, 0.1) is 0 Å². The molecule has 3 N–H and O–H groups in total. The van der Waals surface area contributed by atoms with Gasteiger partial charge in [0.15, 0.2) is 11.5 Å². The number of hydrogen-bond donors (Lipinski definition) is 3. The number of carbonyl (C=O) groups excluding carboxylic acids is 2. The van der Waals surface area contributed by atoms with E-state index in [0.717, 1.165) is 17.7 Å². The highest BCUT2D eigenvalue weighted by molar-refractivity contribution is 8.00. The van der Waals surface area contributed by atoms with E-state index in [4.69, 9.17) is 9.47 Å². The second-order valence-electron chi connectivity index (χ2n) is 5.52. The van der Waals surface area contributed by atoms with Crippen molar-refractivity contribution in [2.24, 2.45) is 0 Å². The van der Waals surface area contributed by atoms with E-state index in [1.54, 1.807) is 0 Å². The summed E-state index contributed by atoms with van der Waals surface area (Å²) < 4.78 is 10.6. The quantitative estimate of drug-likeness (QED) is 0.751. The van der Waals surface area contributed by atoms with Gasteiger partial charge in [0.05, 0.1) is 11.1 Å². The SMILES string of the molecule is CC1CC(SCC(=O)NCc2ccc3c(c2)OCO3)NC(=O)N1. The molecular weight excluding hydrogens is 318 g/mol. The Morgan fingerprint density at radius 1 is 1.35 bits per heavy atom. The summed E-state index contributed by atoms with van der Waals surface area (Å²) in [5, 5.41) is 8.42. The molecule has 0 spiro atoms. The Kier molecular flexibility index (Phi) is 4.80. The lowest BCUT2D eigenvalue weighted by Crippen LogP contribution is -2.52. The van der Waals surface area contributed by atoms with E-state index in [-0.39, 0.29) is 30.1 Å². The molecule has 8 heteroatoms. The lowest BCUT2D eigenvalue weighted by Gasteiger charge is -2.28. The van der Waals surface area contributed by atoms with Crippen LogP contribution in [-0.2, 0) is 11.3 Å². The normalized spacial score (nSPS) is 22.2. The minimum Gasteiger partial charge on any atom is -0.454 e. The molecule has 0 radical (unpaired) electrons. The Hall–Kier alpha value is -2.09. The van der Waals surface area contributed by atoms with Gasteiger partial charge in [0.1, 0.15) is 0 Å². The lowest BCUT2D eigenvalue weighted by atomic mass is 10.2. The van der Waals surface area contributed by atoms with E-state index < -0.39 is 0 Å². The molecule has 2 aliphatic heterocycles. The Labute approximate surface area is 138 Å². The van der Waals surface area contributed by atoms with Gasteiger partial charge < -0.3 is 25.4 Å². The van der Waals surface area contributed by atoms with Gasteiger partial charge in [0.25, 0.3) is 0 Å². The van der Waals surface area contributed by atoms with Crippen LogP contribution in [0.5, 0.6) is 11.5 Å². The van der Waals surface area contributed by atoms with E-state index >= 15 is 0 Å². The summed E-state index contributed by atoms with van der Waals surface area (Å²) in [7, 11) is 0. The van der Waals surface area contributed by atoms with Crippen molar-refractivity contribution in [3.8, 4) is 11.5 Å². The van der Waals surface area contributed by atoms with Crippen LogP contribution in [-0.4, -0.2) is 35.9 Å². The van der Waals surface area contributed by atoms with Crippen molar-refractivity contribution in [1.82, 2.24) is 16.0 Å². The molecule has 2 unspecified atom stereocenters. The molecule has 0 aliphatic carbocycles. The maximum Gasteiger partial charge on any atom is 0.315 e. The third kappa shape index (κ3) is 4.22.